The molecule has 0 fully saturated rings. The van der Waals surface area contributed by atoms with Crippen molar-refractivity contribution in [3.8, 4) is 11.1 Å². The zero-order valence-corrected chi connectivity index (χ0v) is 18.5. The molecule has 2 aromatic carbocycles. The van der Waals surface area contributed by atoms with E-state index in [1.165, 1.54) is 22.7 Å². The van der Waals surface area contributed by atoms with E-state index in [1.807, 2.05) is 43.7 Å². The minimum atomic E-state index is -0.109. The Balaban J connectivity index is 1.38. The van der Waals surface area contributed by atoms with E-state index >= 15 is 0 Å². The first kappa shape index (κ1) is 20.5. The number of carbonyl (C=O) groups excluding carboxylic acids is 1. The Bertz CT molecular complexity index is 1140. The van der Waals surface area contributed by atoms with E-state index in [0.29, 0.717) is 5.13 Å². The van der Waals surface area contributed by atoms with Gasteiger partial charge in [-0.25, -0.2) is 9.97 Å². The lowest BCUT2D eigenvalue weighted by molar-refractivity contribution is -0.115. The molecule has 6 nitrogen and oxygen atoms in total. The van der Waals surface area contributed by atoms with Crippen molar-refractivity contribution in [2.45, 2.75) is 6.42 Å². The molecular formula is C22H23N5OS2. The lowest BCUT2D eigenvalue weighted by Crippen LogP contribution is -2.20. The number of hydrogen-bond acceptors (Lipinski definition) is 7. The average molecular weight is 438 g/mol. The van der Waals surface area contributed by atoms with E-state index in [1.54, 1.807) is 0 Å². The quantitative estimate of drug-likeness (QED) is 0.422. The molecule has 0 unspecified atom stereocenters. The molecule has 8 heteroatoms. The Kier molecular flexibility index (Phi) is 6.37. The third-order valence-electron chi connectivity index (χ3n) is 4.47. The molecule has 0 aliphatic heterocycles. The fourth-order valence-corrected chi connectivity index (χ4v) is 4.63. The van der Waals surface area contributed by atoms with Gasteiger partial charge in [-0.1, -0.05) is 47.7 Å². The fraction of sp³-hybridized carbons (Fsp3) is 0.227. The summed E-state index contributed by atoms with van der Waals surface area (Å²) >= 11 is 3.01. The van der Waals surface area contributed by atoms with Gasteiger partial charge in [0.05, 0.1) is 22.3 Å². The maximum atomic E-state index is 12.5. The number of anilines is 2. The Hall–Kier alpha value is -2.81. The molecule has 30 heavy (non-hydrogen) atoms. The van der Waals surface area contributed by atoms with Crippen LogP contribution in [0, 0.1) is 0 Å². The van der Waals surface area contributed by atoms with Gasteiger partial charge in [0.2, 0.25) is 5.91 Å². The first-order valence-corrected chi connectivity index (χ1v) is 11.4. The van der Waals surface area contributed by atoms with E-state index in [-0.39, 0.29) is 12.3 Å². The molecule has 0 radical (unpaired) electrons. The molecule has 0 bridgehead atoms. The number of benzene rings is 2. The second kappa shape index (κ2) is 9.34. The van der Waals surface area contributed by atoms with Crippen molar-refractivity contribution in [2.24, 2.45) is 0 Å². The maximum absolute atomic E-state index is 12.5. The highest BCUT2D eigenvalue weighted by molar-refractivity contribution is 7.22. The van der Waals surface area contributed by atoms with E-state index in [4.69, 9.17) is 0 Å². The van der Waals surface area contributed by atoms with Crippen LogP contribution in [0.2, 0.25) is 0 Å². The van der Waals surface area contributed by atoms with Gasteiger partial charge in [-0.15, -0.1) is 11.3 Å². The van der Waals surface area contributed by atoms with Crippen molar-refractivity contribution >= 4 is 49.1 Å². The average Bonchev–Trinajstić information content (AvgIpc) is 3.33. The molecule has 0 saturated heterocycles. The molecule has 154 valence electrons. The summed E-state index contributed by atoms with van der Waals surface area (Å²) in [5, 5.41) is 9.56. The Morgan fingerprint density at radius 1 is 1.03 bits per heavy atom. The number of aromatic nitrogens is 2. The van der Waals surface area contributed by atoms with Gasteiger partial charge in [-0.3, -0.25) is 4.79 Å². The van der Waals surface area contributed by atoms with E-state index < -0.39 is 0 Å². The molecule has 0 spiro atoms. The van der Waals surface area contributed by atoms with Crippen LogP contribution in [-0.2, 0) is 11.2 Å². The lowest BCUT2D eigenvalue weighted by Gasteiger charge is -2.08. The minimum absolute atomic E-state index is 0.109. The third-order valence-corrected chi connectivity index (χ3v) is 6.25. The topological polar surface area (TPSA) is 70.2 Å². The van der Waals surface area contributed by atoms with Crippen LogP contribution in [0.4, 0.5) is 10.3 Å². The largest absolute Gasteiger partial charge is 0.360 e. The molecule has 0 saturated carbocycles. The highest BCUT2D eigenvalue weighted by atomic mass is 32.1. The number of rotatable bonds is 8. The van der Waals surface area contributed by atoms with Crippen molar-refractivity contribution < 1.29 is 4.79 Å². The first-order chi connectivity index (χ1) is 14.6. The normalized spacial score (nSPS) is 11.2. The van der Waals surface area contributed by atoms with Crippen molar-refractivity contribution in [3.05, 3.63) is 59.6 Å². The first-order valence-electron chi connectivity index (χ1n) is 9.66. The number of nitrogens with one attached hydrogen (secondary N) is 2. The number of fused-ring (bicyclic) bond motifs is 1. The Morgan fingerprint density at radius 3 is 2.67 bits per heavy atom. The summed E-state index contributed by atoms with van der Waals surface area (Å²) in [6.45, 7) is 1.75. The van der Waals surface area contributed by atoms with Crippen LogP contribution >= 0.6 is 22.7 Å². The second-order valence-electron chi connectivity index (χ2n) is 7.17. The molecule has 2 aromatic heterocycles. The van der Waals surface area contributed by atoms with Gasteiger partial charge in [-0.2, -0.15) is 0 Å². The van der Waals surface area contributed by atoms with E-state index in [9.17, 15) is 4.79 Å². The van der Waals surface area contributed by atoms with Crippen LogP contribution < -0.4 is 10.6 Å². The summed E-state index contributed by atoms with van der Waals surface area (Å²) < 4.78 is 1.05. The predicted molar refractivity (Wildman–Crippen MR) is 127 cm³/mol. The fourth-order valence-electron chi connectivity index (χ4n) is 2.97. The highest BCUT2D eigenvalue weighted by Gasteiger charge is 2.12. The highest BCUT2D eigenvalue weighted by Crippen LogP contribution is 2.30. The van der Waals surface area contributed by atoms with Gasteiger partial charge in [0.15, 0.2) is 10.3 Å². The predicted octanol–water partition coefficient (Wildman–Crippen LogP) is 4.57. The van der Waals surface area contributed by atoms with Crippen LogP contribution in [0.15, 0.2) is 53.9 Å². The van der Waals surface area contributed by atoms with Gasteiger partial charge in [0.25, 0.3) is 0 Å². The zero-order valence-electron chi connectivity index (χ0n) is 16.9. The molecular weight excluding hydrogens is 414 g/mol. The van der Waals surface area contributed by atoms with Crippen molar-refractivity contribution in [1.29, 1.82) is 0 Å². The summed E-state index contributed by atoms with van der Waals surface area (Å²) in [6, 6.07) is 16.4. The summed E-state index contributed by atoms with van der Waals surface area (Å²) in [5.41, 5.74) is 3.95. The summed E-state index contributed by atoms with van der Waals surface area (Å²) in [4.78, 5) is 23.6. The molecule has 4 rings (SSSR count). The molecule has 0 atom stereocenters. The van der Waals surface area contributed by atoms with Crippen LogP contribution in [-0.4, -0.2) is 48.0 Å². The van der Waals surface area contributed by atoms with Crippen LogP contribution in [0.3, 0.4) is 0 Å². The third kappa shape index (κ3) is 5.21. The van der Waals surface area contributed by atoms with Crippen molar-refractivity contribution in [2.75, 3.05) is 37.8 Å². The van der Waals surface area contributed by atoms with Crippen LogP contribution in [0.1, 0.15) is 5.69 Å². The number of likely N-dealkylation sites (N-methyl/N-ethyl adjacent to an activating group) is 1. The van der Waals surface area contributed by atoms with E-state index in [2.05, 4.69) is 49.8 Å². The van der Waals surface area contributed by atoms with Gasteiger partial charge in [0, 0.05) is 18.5 Å². The lowest BCUT2D eigenvalue weighted by atomic mass is 10.1. The van der Waals surface area contributed by atoms with Gasteiger partial charge >= 0.3 is 0 Å². The number of carbonyl (C=O) groups is 1. The van der Waals surface area contributed by atoms with Gasteiger partial charge in [-0.05, 0) is 37.4 Å². The smallest absolute Gasteiger partial charge is 0.232 e. The SMILES string of the molecule is CN(C)CCNc1nc(CC(=O)Nc2nc3ccc(-c4ccccc4)cc3s2)cs1. The monoisotopic (exact) mass is 437 g/mol. The molecule has 2 heterocycles. The standard InChI is InChI=1S/C22H23N5OS2/c1-27(2)11-10-23-21-24-17(14-29-21)13-20(28)26-22-25-18-9-8-16(12-19(18)30-22)15-6-4-3-5-7-15/h3-9,12,14H,10-11,13H2,1-2H3,(H,23,24)(H,25,26,28). The maximum Gasteiger partial charge on any atom is 0.232 e. The number of nitrogens with zero attached hydrogens (tertiary/aromatic N) is 3. The summed E-state index contributed by atoms with van der Waals surface area (Å²) in [5.74, 6) is -0.109. The zero-order chi connectivity index (χ0) is 20.9. The minimum Gasteiger partial charge on any atom is -0.360 e. The van der Waals surface area contributed by atoms with Crippen LogP contribution in [0.5, 0.6) is 0 Å². The summed E-state index contributed by atoms with van der Waals surface area (Å²) in [6.07, 6.45) is 0.233. The van der Waals surface area contributed by atoms with Crippen molar-refractivity contribution in [1.82, 2.24) is 14.9 Å². The Morgan fingerprint density at radius 2 is 1.87 bits per heavy atom. The molecule has 0 aliphatic rings. The molecule has 2 N–H and O–H groups in total. The number of thiazole rings is 2. The second-order valence-corrected chi connectivity index (χ2v) is 9.06. The van der Waals surface area contributed by atoms with E-state index in [0.717, 1.165) is 45.3 Å². The number of amides is 1. The van der Waals surface area contributed by atoms with Gasteiger partial charge in [0.1, 0.15) is 0 Å². The summed E-state index contributed by atoms with van der Waals surface area (Å²) in [7, 11) is 4.06. The molecule has 4 aromatic rings. The van der Waals surface area contributed by atoms with Gasteiger partial charge < -0.3 is 15.5 Å². The molecule has 0 aliphatic carbocycles. The molecule has 1 amide bonds. The number of hydrogen-bond donors (Lipinski definition) is 2. The Labute approximate surface area is 183 Å². The van der Waals surface area contributed by atoms with Crippen LogP contribution in [0.25, 0.3) is 21.3 Å². The van der Waals surface area contributed by atoms with Crippen molar-refractivity contribution in [3.63, 3.8) is 0 Å².